The number of hydrogen-bond donors (Lipinski definition) is 2. The maximum atomic E-state index is 11.5. The van der Waals surface area contributed by atoms with Gasteiger partial charge in [0.25, 0.3) is 0 Å². The maximum absolute atomic E-state index is 11.5. The zero-order chi connectivity index (χ0) is 53.6. The van der Waals surface area contributed by atoms with E-state index in [1.807, 2.05) is 0 Å². The van der Waals surface area contributed by atoms with Crippen LogP contribution in [0.5, 0.6) is 11.5 Å². The fourth-order valence-corrected chi connectivity index (χ4v) is 13.4. The smallest absolute Gasteiger partial charge is 0.123 e. The Morgan fingerprint density at radius 3 is 0.773 bits per heavy atom. The summed E-state index contributed by atoms with van der Waals surface area (Å²) >= 11 is 0. The second-order valence-electron chi connectivity index (χ2n) is 27.2. The molecule has 0 bridgehead atoms. The largest absolute Gasteiger partial charge is 0.507 e. The van der Waals surface area contributed by atoms with E-state index in [2.05, 4.69) is 244 Å². The Morgan fingerprint density at radius 1 is 0.320 bits per heavy atom. The average molecular weight is 987 g/mol. The Bertz CT molecular complexity index is 3600. The van der Waals surface area contributed by atoms with Crippen LogP contribution >= 0.6 is 0 Å². The Hall–Kier alpha value is -6.64. The van der Waals surface area contributed by atoms with E-state index in [1.165, 1.54) is 106 Å². The van der Waals surface area contributed by atoms with Gasteiger partial charge in [0, 0.05) is 27.4 Å². The third-order valence-corrected chi connectivity index (χ3v) is 17.6. The van der Waals surface area contributed by atoms with Crippen LogP contribution in [0.15, 0.2) is 133 Å². The zero-order valence-corrected chi connectivity index (χ0v) is 47.7. The summed E-state index contributed by atoms with van der Waals surface area (Å²) in [6.07, 6.45) is 1.72. The van der Waals surface area contributed by atoms with Gasteiger partial charge < -0.3 is 10.2 Å². The molecular weight excluding hydrogens is 909 g/mol. The van der Waals surface area contributed by atoms with Crippen molar-refractivity contribution in [3.63, 3.8) is 0 Å². The molecule has 3 aliphatic carbocycles. The number of hydrogen-bond acceptors (Lipinski definition) is 2. The Morgan fingerprint density at radius 2 is 0.547 bits per heavy atom. The SMILES string of the molecule is CC(C)Cc1cc(-c2ccc3c(c2)C(C)(C)c2cc(-c4ccc5c(c4)C(C)(C)c4cc(-c6ccc7c(c6)C(C)(C)c6cc(-c8cc(C(C)(C)C)c(O)c(C(C)(C)C)c8)ccc6-7)ccc4-5)ccc2-3)cc(CC(C)C)c1O. The highest BCUT2D eigenvalue weighted by Crippen LogP contribution is 2.55. The molecule has 75 heavy (non-hydrogen) atoms. The summed E-state index contributed by atoms with van der Waals surface area (Å²) < 4.78 is 0. The Balaban J connectivity index is 0.882. The van der Waals surface area contributed by atoms with Crippen molar-refractivity contribution in [3.8, 4) is 89.4 Å². The molecule has 8 aromatic carbocycles. The first-order chi connectivity index (χ1) is 35.1. The van der Waals surface area contributed by atoms with E-state index >= 15 is 0 Å². The average Bonchev–Trinajstić information content (AvgIpc) is 3.85. The van der Waals surface area contributed by atoms with E-state index in [0.717, 1.165) is 40.7 Å². The van der Waals surface area contributed by atoms with Crippen molar-refractivity contribution in [1.82, 2.24) is 0 Å². The van der Waals surface area contributed by atoms with Crippen molar-refractivity contribution in [1.29, 1.82) is 0 Å². The van der Waals surface area contributed by atoms with Gasteiger partial charge >= 0.3 is 0 Å². The van der Waals surface area contributed by atoms with E-state index in [-0.39, 0.29) is 27.1 Å². The summed E-state index contributed by atoms with van der Waals surface area (Å²) in [5, 5.41) is 22.9. The molecule has 0 saturated heterocycles. The highest BCUT2D eigenvalue weighted by Gasteiger charge is 2.40. The van der Waals surface area contributed by atoms with E-state index in [4.69, 9.17) is 0 Å². The summed E-state index contributed by atoms with van der Waals surface area (Å²) in [7, 11) is 0. The predicted octanol–water partition coefficient (Wildman–Crippen LogP) is 19.7. The van der Waals surface area contributed by atoms with Gasteiger partial charge in [-0.25, -0.2) is 0 Å². The molecule has 0 radical (unpaired) electrons. The van der Waals surface area contributed by atoms with Crippen LogP contribution in [0.3, 0.4) is 0 Å². The molecule has 0 aliphatic heterocycles. The topological polar surface area (TPSA) is 40.5 Å². The third-order valence-electron chi connectivity index (χ3n) is 17.6. The highest BCUT2D eigenvalue weighted by atomic mass is 16.3. The van der Waals surface area contributed by atoms with E-state index in [1.54, 1.807) is 0 Å². The first-order valence-corrected chi connectivity index (χ1v) is 27.8. The minimum Gasteiger partial charge on any atom is -0.507 e. The lowest BCUT2D eigenvalue weighted by molar-refractivity contribution is 0.423. The molecule has 0 aromatic heterocycles. The van der Waals surface area contributed by atoms with Crippen molar-refractivity contribution in [2.75, 3.05) is 0 Å². The Kier molecular flexibility index (Phi) is 11.6. The summed E-state index contributed by atoms with van der Waals surface area (Å²) in [4.78, 5) is 0. The first kappa shape index (κ1) is 50.5. The van der Waals surface area contributed by atoms with Crippen LogP contribution < -0.4 is 0 Å². The van der Waals surface area contributed by atoms with Gasteiger partial charge in [0.2, 0.25) is 0 Å². The van der Waals surface area contributed by atoms with Gasteiger partial charge in [-0.1, -0.05) is 184 Å². The normalized spacial score (nSPS) is 15.4. The van der Waals surface area contributed by atoms with Crippen LogP contribution in [0.4, 0.5) is 0 Å². The fourth-order valence-electron chi connectivity index (χ4n) is 13.4. The van der Waals surface area contributed by atoms with E-state index < -0.39 is 0 Å². The molecule has 0 atom stereocenters. The summed E-state index contributed by atoms with van der Waals surface area (Å²) in [5.41, 5.74) is 29.0. The number of aromatic hydroxyl groups is 2. The van der Waals surface area contributed by atoms with Crippen molar-refractivity contribution in [2.24, 2.45) is 11.8 Å². The number of fused-ring (bicyclic) bond motifs is 9. The molecule has 0 saturated carbocycles. The highest BCUT2D eigenvalue weighted by molar-refractivity contribution is 5.90. The van der Waals surface area contributed by atoms with Crippen LogP contribution in [-0.2, 0) is 39.9 Å². The van der Waals surface area contributed by atoms with Gasteiger partial charge in [-0.2, -0.15) is 0 Å². The minimum absolute atomic E-state index is 0.184. The lowest BCUT2D eigenvalue weighted by Crippen LogP contribution is -2.17. The number of rotatable bonds is 8. The molecule has 0 amide bonds. The first-order valence-electron chi connectivity index (χ1n) is 27.8. The van der Waals surface area contributed by atoms with E-state index in [0.29, 0.717) is 23.3 Å². The van der Waals surface area contributed by atoms with Crippen LogP contribution in [-0.4, -0.2) is 10.2 Å². The molecule has 0 unspecified atom stereocenters. The Labute approximate surface area is 449 Å². The lowest BCUT2D eigenvalue weighted by atomic mass is 9.77. The predicted molar refractivity (Wildman–Crippen MR) is 319 cm³/mol. The standard InChI is InChI=1S/C73H78O2/c1-41(2)29-51-31-49(32-52(67(51)74)30-42(3)4)47-21-27-57-55-25-19-45(35-61(55)72(13,14)63(57)37-47)43-17-23-53-54-24-18-44(34-60(54)71(11,12)59(53)33-43)46-20-26-56-58-28-22-48(38-64(58)73(15,16)62(56)36-46)50-39-65(69(5,6)7)68(75)66(40-50)70(8,9)10/h17-28,31-42,74-75H,29-30H2,1-16H3. The minimum atomic E-state index is -0.198. The van der Waals surface area contributed by atoms with Crippen molar-refractivity contribution in [3.05, 3.63) is 189 Å². The van der Waals surface area contributed by atoms with Crippen molar-refractivity contribution >= 4 is 0 Å². The molecule has 2 heteroatoms. The molecule has 11 rings (SSSR count). The summed E-state index contributed by atoms with van der Waals surface area (Å²) in [6.45, 7) is 36.4. The lowest BCUT2D eigenvalue weighted by Gasteiger charge is -2.28. The van der Waals surface area contributed by atoms with Gasteiger partial charge in [-0.15, -0.1) is 0 Å². The van der Waals surface area contributed by atoms with Gasteiger partial charge in [0.05, 0.1) is 0 Å². The monoisotopic (exact) mass is 987 g/mol. The van der Waals surface area contributed by atoms with Crippen LogP contribution in [0.2, 0.25) is 0 Å². The second-order valence-corrected chi connectivity index (χ2v) is 27.2. The maximum Gasteiger partial charge on any atom is 0.123 e. The quantitative estimate of drug-likeness (QED) is 0.159. The fraction of sp³-hybridized carbons (Fsp3) is 0.342. The van der Waals surface area contributed by atoms with Crippen molar-refractivity contribution in [2.45, 2.75) is 151 Å². The van der Waals surface area contributed by atoms with Gasteiger partial charge in [0.15, 0.2) is 0 Å². The number of phenols is 2. The van der Waals surface area contributed by atoms with Crippen LogP contribution in [0.1, 0.15) is 166 Å². The van der Waals surface area contributed by atoms with E-state index in [9.17, 15) is 10.2 Å². The van der Waals surface area contributed by atoms with Gasteiger partial charge in [-0.05, 0) is 219 Å². The molecule has 382 valence electrons. The van der Waals surface area contributed by atoms with Gasteiger partial charge in [-0.3, -0.25) is 0 Å². The molecular formula is C73H78O2. The number of benzene rings is 8. The molecule has 8 aromatic rings. The van der Waals surface area contributed by atoms with Crippen LogP contribution in [0, 0.1) is 11.8 Å². The molecule has 0 spiro atoms. The summed E-state index contributed by atoms with van der Waals surface area (Å²) in [5.74, 6) is 1.81. The second kappa shape index (κ2) is 17.2. The van der Waals surface area contributed by atoms with Crippen LogP contribution in [0.25, 0.3) is 77.9 Å². The molecule has 2 nitrogen and oxygen atoms in total. The zero-order valence-electron chi connectivity index (χ0n) is 47.7. The summed E-state index contributed by atoms with van der Waals surface area (Å²) in [6, 6.07) is 51.5. The van der Waals surface area contributed by atoms with Gasteiger partial charge in [0.1, 0.15) is 11.5 Å². The van der Waals surface area contributed by atoms with Crippen molar-refractivity contribution < 1.29 is 10.2 Å². The third kappa shape index (κ3) is 8.20. The molecule has 0 heterocycles. The molecule has 2 N–H and O–H groups in total. The number of phenolic OH excluding ortho intramolecular Hbond substituents is 2. The molecule has 0 fully saturated rings. The molecule has 3 aliphatic rings.